The van der Waals surface area contributed by atoms with Crippen molar-refractivity contribution in [2.24, 2.45) is 5.92 Å². The first-order valence-electron chi connectivity index (χ1n) is 5.06. The summed E-state index contributed by atoms with van der Waals surface area (Å²) in [5, 5.41) is 5.49. The summed E-state index contributed by atoms with van der Waals surface area (Å²) in [6.07, 6.45) is 2.55. The van der Waals surface area contributed by atoms with Crippen LogP contribution in [0.2, 0.25) is 0 Å². The molecule has 0 spiro atoms. The average Bonchev–Trinajstić information content (AvgIpc) is 2.68. The van der Waals surface area contributed by atoms with E-state index >= 15 is 0 Å². The van der Waals surface area contributed by atoms with E-state index in [1.54, 1.807) is 0 Å². The van der Waals surface area contributed by atoms with Crippen LogP contribution in [0, 0.1) is 17.8 Å². The molecule has 0 aliphatic carbocycles. The highest BCUT2D eigenvalue weighted by Gasteiger charge is 2.01. The van der Waals surface area contributed by atoms with E-state index < -0.39 is 0 Å². The van der Waals surface area contributed by atoms with Gasteiger partial charge in [0.05, 0.1) is 18.1 Å². The fourth-order valence-corrected chi connectivity index (χ4v) is 2.96. The molecule has 2 aromatic rings. The topological polar surface area (TPSA) is 17.8 Å². The van der Waals surface area contributed by atoms with Crippen molar-refractivity contribution in [2.75, 3.05) is 0 Å². The fourth-order valence-electron chi connectivity index (χ4n) is 1.41. The summed E-state index contributed by atoms with van der Waals surface area (Å²) >= 11 is 2.33. The zero-order valence-corrected chi connectivity index (χ0v) is 12.3. The van der Waals surface area contributed by atoms with Crippen molar-refractivity contribution in [3.05, 3.63) is 30.0 Å². The second-order valence-electron chi connectivity index (χ2n) is 3.84. The van der Waals surface area contributed by atoms with Crippen LogP contribution in [0.4, 0.5) is 0 Å². The molecule has 0 fully saturated rings. The molecule has 1 aromatic heterocycles. The third-order valence-electron chi connectivity index (χ3n) is 2.15. The minimum atomic E-state index is 0.411. The number of aromatic nitrogens is 2. The van der Waals surface area contributed by atoms with Gasteiger partial charge < -0.3 is 0 Å². The van der Waals surface area contributed by atoms with Gasteiger partial charge in [-0.25, -0.2) is 4.45 Å². The van der Waals surface area contributed by atoms with Crippen molar-refractivity contribution < 1.29 is 0 Å². The Morgan fingerprint density at radius 2 is 2.25 bits per heavy atom. The van der Waals surface area contributed by atoms with E-state index in [1.807, 2.05) is 10.6 Å². The summed E-state index contributed by atoms with van der Waals surface area (Å²) in [4.78, 5) is 0. The van der Waals surface area contributed by atoms with E-state index in [2.05, 4.69) is 71.0 Å². The number of fused-ring (bicyclic) bond motifs is 1. The first-order chi connectivity index (χ1) is 7.70. The molecule has 2 rings (SSSR count). The summed E-state index contributed by atoms with van der Waals surface area (Å²) in [6.45, 7) is 4.20. The van der Waals surface area contributed by atoms with Gasteiger partial charge >= 0.3 is 0 Å². The molecule has 0 saturated carbocycles. The van der Waals surface area contributed by atoms with Crippen LogP contribution in [0.25, 0.3) is 10.9 Å². The number of benzene rings is 1. The molecule has 0 aliphatic rings. The molecule has 0 amide bonds. The van der Waals surface area contributed by atoms with E-state index in [4.69, 9.17) is 0 Å². The van der Waals surface area contributed by atoms with Crippen molar-refractivity contribution >= 4 is 39.3 Å². The third kappa shape index (κ3) is 2.56. The van der Waals surface area contributed by atoms with E-state index in [-0.39, 0.29) is 0 Å². The molecule has 0 bridgehead atoms. The smallest absolute Gasteiger partial charge is 0.0730 e. The molecule has 1 aromatic carbocycles. The van der Waals surface area contributed by atoms with E-state index in [1.165, 1.54) is 10.9 Å². The quantitative estimate of drug-likeness (QED) is 0.438. The molecule has 0 aliphatic heterocycles. The SMILES string of the molecule is CC(C)C#Cc1ccc2c(cnn2PI)c1. The van der Waals surface area contributed by atoms with Crippen LogP contribution in [0.5, 0.6) is 0 Å². The Hall–Kier alpha value is -0.590. The van der Waals surface area contributed by atoms with Gasteiger partial charge in [0, 0.05) is 16.9 Å². The minimum absolute atomic E-state index is 0.411. The van der Waals surface area contributed by atoms with Crippen LogP contribution >= 0.6 is 28.4 Å². The zero-order chi connectivity index (χ0) is 11.5. The van der Waals surface area contributed by atoms with Crippen molar-refractivity contribution in [3.8, 4) is 11.8 Å². The Morgan fingerprint density at radius 3 is 2.94 bits per heavy atom. The zero-order valence-electron chi connectivity index (χ0n) is 9.16. The highest BCUT2D eigenvalue weighted by molar-refractivity contribution is 14.2. The molecule has 1 atom stereocenters. The van der Waals surface area contributed by atoms with Crippen molar-refractivity contribution in [1.82, 2.24) is 9.55 Å². The lowest BCUT2D eigenvalue weighted by Gasteiger charge is -1.97. The Balaban J connectivity index is 2.43. The normalized spacial score (nSPS) is 11.2. The predicted octanol–water partition coefficient (Wildman–Crippen LogP) is 3.84. The van der Waals surface area contributed by atoms with Gasteiger partial charge in [0.15, 0.2) is 0 Å². The Labute approximate surface area is 110 Å². The highest BCUT2D eigenvalue weighted by Crippen LogP contribution is 2.28. The van der Waals surface area contributed by atoms with Crippen LogP contribution in [0.1, 0.15) is 19.4 Å². The van der Waals surface area contributed by atoms with Gasteiger partial charge in [-0.3, -0.25) is 0 Å². The summed E-state index contributed by atoms with van der Waals surface area (Å²) in [6, 6.07) is 6.26. The van der Waals surface area contributed by atoms with Crippen molar-refractivity contribution in [1.29, 1.82) is 0 Å². The molecule has 16 heavy (non-hydrogen) atoms. The maximum atomic E-state index is 4.32. The largest absolute Gasteiger partial charge is 0.237 e. The van der Waals surface area contributed by atoms with Gasteiger partial charge in [0.1, 0.15) is 0 Å². The molecule has 4 heteroatoms. The molecule has 0 N–H and O–H groups in total. The number of nitrogens with zero attached hydrogens (tertiary/aromatic N) is 2. The Kier molecular flexibility index (Phi) is 3.83. The van der Waals surface area contributed by atoms with Gasteiger partial charge in [-0.1, -0.05) is 25.7 Å². The highest BCUT2D eigenvalue weighted by atomic mass is 127. The standard InChI is InChI=1S/C12H12IN2P/c1-9(2)3-4-10-5-6-12-11(7-10)8-14-15(12)16-13/h5-9,16H,1-2H3. The van der Waals surface area contributed by atoms with Crippen LogP contribution in [-0.2, 0) is 0 Å². The van der Waals surface area contributed by atoms with E-state index in [9.17, 15) is 0 Å². The van der Waals surface area contributed by atoms with Crippen molar-refractivity contribution in [2.45, 2.75) is 13.8 Å². The third-order valence-corrected chi connectivity index (χ3v) is 4.04. The molecular weight excluding hydrogens is 330 g/mol. The number of halogens is 1. The van der Waals surface area contributed by atoms with Gasteiger partial charge in [-0.05, 0) is 40.2 Å². The minimum Gasteiger partial charge on any atom is -0.237 e. The first kappa shape index (κ1) is 11.9. The molecule has 2 nitrogen and oxygen atoms in total. The number of hydrogen-bond acceptors (Lipinski definition) is 1. The number of hydrogen-bond donors (Lipinski definition) is 0. The summed E-state index contributed by atoms with van der Waals surface area (Å²) in [5.74, 6) is 6.76. The lowest BCUT2D eigenvalue weighted by molar-refractivity contribution is 0.866. The van der Waals surface area contributed by atoms with Crippen LogP contribution in [0.15, 0.2) is 24.4 Å². The van der Waals surface area contributed by atoms with E-state index in [0.29, 0.717) is 12.3 Å². The van der Waals surface area contributed by atoms with Gasteiger partial charge in [-0.15, -0.1) is 0 Å². The summed E-state index contributed by atoms with van der Waals surface area (Å²) < 4.78 is 2.01. The Morgan fingerprint density at radius 1 is 1.44 bits per heavy atom. The maximum Gasteiger partial charge on any atom is 0.0730 e. The Bertz CT molecular complexity index is 563. The van der Waals surface area contributed by atoms with E-state index in [0.717, 1.165) is 5.56 Å². The van der Waals surface area contributed by atoms with Crippen LogP contribution in [0.3, 0.4) is 0 Å². The molecular formula is C12H12IN2P. The number of rotatable bonds is 1. The first-order valence-corrected chi connectivity index (χ1v) is 9.13. The summed E-state index contributed by atoms with van der Waals surface area (Å²) in [7, 11) is 0. The molecule has 0 radical (unpaired) electrons. The lowest BCUT2D eigenvalue weighted by atomic mass is 10.1. The second-order valence-corrected chi connectivity index (χ2v) is 5.88. The van der Waals surface area contributed by atoms with Gasteiger partial charge in [0.2, 0.25) is 0 Å². The molecule has 1 heterocycles. The maximum absolute atomic E-state index is 4.32. The summed E-state index contributed by atoms with van der Waals surface area (Å²) in [5.41, 5.74) is 2.25. The van der Waals surface area contributed by atoms with Crippen LogP contribution < -0.4 is 0 Å². The van der Waals surface area contributed by atoms with Gasteiger partial charge in [-0.2, -0.15) is 5.10 Å². The second kappa shape index (κ2) is 5.16. The van der Waals surface area contributed by atoms with Gasteiger partial charge in [0.25, 0.3) is 0 Å². The molecule has 1 unspecified atom stereocenters. The monoisotopic (exact) mass is 342 g/mol. The molecule has 82 valence electrons. The average molecular weight is 342 g/mol. The fraction of sp³-hybridized carbons (Fsp3) is 0.250. The van der Waals surface area contributed by atoms with Crippen LogP contribution in [-0.4, -0.2) is 9.55 Å². The van der Waals surface area contributed by atoms with Crippen molar-refractivity contribution in [3.63, 3.8) is 0 Å². The lowest BCUT2D eigenvalue weighted by Crippen LogP contribution is -1.83. The predicted molar refractivity (Wildman–Crippen MR) is 79.2 cm³/mol. The molecule has 0 saturated heterocycles.